The number of halogens is 1. The maximum Gasteiger partial charge on any atom is 0.339 e. The lowest BCUT2D eigenvalue weighted by atomic mass is 10.1. The van der Waals surface area contributed by atoms with E-state index in [1.54, 1.807) is 6.07 Å². The molecule has 0 aliphatic heterocycles. The zero-order valence-corrected chi connectivity index (χ0v) is 13.7. The highest BCUT2D eigenvalue weighted by Gasteiger charge is 2.17. The Bertz CT molecular complexity index is 918. The van der Waals surface area contributed by atoms with Crippen molar-refractivity contribution >= 4 is 28.6 Å². The second-order valence-corrected chi connectivity index (χ2v) is 5.87. The van der Waals surface area contributed by atoms with Crippen molar-refractivity contribution in [3.8, 4) is 11.3 Å². The van der Waals surface area contributed by atoms with E-state index in [2.05, 4.69) is 33.4 Å². The lowest BCUT2D eigenvalue weighted by Crippen LogP contribution is -2.04. The topological polar surface area (TPSA) is 80.9 Å². The summed E-state index contributed by atoms with van der Waals surface area (Å²) in [6, 6.07) is 5.78. The Kier molecular flexibility index (Phi) is 3.77. The number of nitrogens with zero attached hydrogens (tertiary/aromatic N) is 4. The first-order valence-corrected chi connectivity index (χ1v) is 7.51. The van der Waals surface area contributed by atoms with Gasteiger partial charge in [0.1, 0.15) is 11.4 Å². The fraction of sp³-hybridized carbons (Fsp3) is 0.250. The highest BCUT2D eigenvalue weighted by Crippen LogP contribution is 2.28. The summed E-state index contributed by atoms with van der Waals surface area (Å²) >= 11 is 5.84. The fourth-order valence-corrected chi connectivity index (χ4v) is 2.88. The SMILES string of the molecule is Cc1nc2ccc(-c3nc(Cl)ncc3C(=O)O)cc2n1C(C)C. The molecule has 0 saturated carbocycles. The molecule has 0 atom stereocenters. The predicted octanol–water partition coefficient (Wildman–Crippen LogP) is 3.73. The van der Waals surface area contributed by atoms with E-state index in [4.69, 9.17) is 11.6 Å². The molecular weight excluding hydrogens is 316 g/mol. The highest BCUT2D eigenvalue weighted by atomic mass is 35.5. The first kappa shape index (κ1) is 15.4. The molecule has 7 heteroatoms. The van der Waals surface area contributed by atoms with Gasteiger partial charge in [0.2, 0.25) is 5.28 Å². The second kappa shape index (κ2) is 5.62. The van der Waals surface area contributed by atoms with Crippen LogP contribution in [-0.4, -0.2) is 30.6 Å². The third-order valence-corrected chi connectivity index (χ3v) is 3.83. The van der Waals surface area contributed by atoms with Crippen LogP contribution in [0.1, 0.15) is 36.1 Å². The molecular formula is C16H15ClN4O2. The summed E-state index contributed by atoms with van der Waals surface area (Å²) < 4.78 is 2.10. The summed E-state index contributed by atoms with van der Waals surface area (Å²) in [4.78, 5) is 23.8. The van der Waals surface area contributed by atoms with Gasteiger partial charge in [-0.25, -0.2) is 19.7 Å². The number of carboxylic acid groups (broad SMARTS) is 1. The van der Waals surface area contributed by atoms with Crippen molar-refractivity contribution in [2.75, 3.05) is 0 Å². The fourth-order valence-electron chi connectivity index (χ4n) is 2.75. The standard InChI is InChI=1S/C16H15ClN4O2/c1-8(2)21-9(3)19-12-5-4-10(6-13(12)21)14-11(15(22)23)7-18-16(17)20-14/h4-8H,1-3H3,(H,22,23). The first-order chi connectivity index (χ1) is 10.9. The minimum atomic E-state index is -1.09. The molecule has 0 radical (unpaired) electrons. The Morgan fingerprint density at radius 1 is 1.30 bits per heavy atom. The summed E-state index contributed by atoms with van der Waals surface area (Å²) in [5.41, 5.74) is 2.77. The molecule has 1 N–H and O–H groups in total. The first-order valence-electron chi connectivity index (χ1n) is 7.13. The lowest BCUT2D eigenvalue weighted by Gasteiger charge is -2.11. The van der Waals surface area contributed by atoms with Gasteiger partial charge in [-0.05, 0) is 44.5 Å². The number of benzene rings is 1. The Morgan fingerprint density at radius 2 is 2.04 bits per heavy atom. The number of aromatic carboxylic acids is 1. The van der Waals surface area contributed by atoms with Gasteiger partial charge in [-0.1, -0.05) is 6.07 Å². The van der Waals surface area contributed by atoms with Gasteiger partial charge in [0.15, 0.2) is 0 Å². The van der Waals surface area contributed by atoms with Crippen LogP contribution in [0.4, 0.5) is 0 Å². The highest BCUT2D eigenvalue weighted by molar-refractivity contribution is 6.28. The maximum absolute atomic E-state index is 11.4. The van der Waals surface area contributed by atoms with Crippen LogP contribution in [0.15, 0.2) is 24.4 Å². The molecule has 0 fully saturated rings. The van der Waals surface area contributed by atoms with Crippen molar-refractivity contribution in [2.45, 2.75) is 26.8 Å². The third kappa shape index (κ3) is 2.66. The third-order valence-electron chi connectivity index (χ3n) is 3.65. The Balaban J connectivity index is 2.28. The van der Waals surface area contributed by atoms with Gasteiger partial charge in [0.25, 0.3) is 0 Å². The van der Waals surface area contributed by atoms with Crippen molar-refractivity contribution in [3.05, 3.63) is 41.1 Å². The molecule has 23 heavy (non-hydrogen) atoms. The molecule has 3 rings (SSSR count). The van der Waals surface area contributed by atoms with Crippen LogP contribution in [0, 0.1) is 6.92 Å². The summed E-state index contributed by atoms with van der Waals surface area (Å²) in [5, 5.41) is 9.35. The molecule has 2 heterocycles. The predicted molar refractivity (Wildman–Crippen MR) is 87.9 cm³/mol. The molecule has 118 valence electrons. The zero-order chi connectivity index (χ0) is 16.7. The van der Waals surface area contributed by atoms with E-state index in [0.29, 0.717) is 11.3 Å². The molecule has 1 aromatic carbocycles. The summed E-state index contributed by atoms with van der Waals surface area (Å²) in [6.45, 7) is 6.10. The van der Waals surface area contributed by atoms with E-state index in [-0.39, 0.29) is 16.9 Å². The van der Waals surface area contributed by atoms with E-state index in [9.17, 15) is 9.90 Å². The van der Waals surface area contributed by atoms with E-state index < -0.39 is 5.97 Å². The average Bonchev–Trinajstić information content (AvgIpc) is 2.81. The minimum absolute atomic E-state index is 0.0126. The number of fused-ring (bicyclic) bond motifs is 1. The van der Waals surface area contributed by atoms with Gasteiger partial charge in [0, 0.05) is 17.8 Å². The van der Waals surface area contributed by atoms with Crippen molar-refractivity contribution in [3.63, 3.8) is 0 Å². The normalized spacial score (nSPS) is 11.3. The van der Waals surface area contributed by atoms with Crippen LogP contribution in [0.2, 0.25) is 5.28 Å². The van der Waals surface area contributed by atoms with Crippen molar-refractivity contribution in [1.29, 1.82) is 0 Å². The number of aryl methyl sites for hydroxylation is 1. The number of carboxylic acids is 1. The molecule has 0 bridgehead atoms. The largest absolute Gasteiger partial charge is 0.478 e. The number of hydrogen-bond donors (Lipinski definition) is 1. The van der Waals surface area contributed by atoms with Crippen LogP contribution in [0.5, 0.6) is 0 Å². The molecule has 0 spiro atoms. The van der Waals surface area contributed by atoms with E-state index in [0.717, 1.165) is 16.9 Å². The van der Waals surface area contributed by atoms with Crippen LogP contribution in [0.25, 0.3) is 22.3 Å². The Morgan fingerprint density at radius 3 is 2.70 bits per heavy atom. The van der Waals surface area contributed by atoms with Gasteiger partial charge < -0.3 is 9.67 Å². The monoisotopic (exact) mass is 330 g/mol. The summed E-state index contributed by atoms with van der Waals surface area (Å²) in [7, 11) is 0. The van der Waals surface area contributed by atoms with Crippen LogP contribution in [-0.2, 0) is 0 Å². The average molecular weight is 331 g/mol. The summed E-state index contributed by atoms with van der Waals surface area (Å²) in [5.74, 6) is -0.184. The van der Waals surface area contributed by atoms with Gasteiger partial charge in [-0.15, -0.1) is 0 Å². The molecule has 0 saturated heterocycles. The van der Waals surface area contributed by atoms with Gasteiger partial charge in [0.05, 0.1) is 16.7 Å². The number of rotatable bonds is 3. The smallest absolute Gasteiger partial charge is 0.339 e. The lowest BCUT2D eigenvalue weighted by molar-refractivity contribution is 0.0697. The Labute approximate surface area is 137 Å². The van der Waals surface area contributed by atoms with E-state index >= 15 is 0 Å². The van der Waals surface area contributed by atoms with Gasteiger partial charge >= 0.3 is 5.97 Å². The number of imidazole rings is 1. The molecule has 3 aromatic rings. The molecule has 0 unspecified atom stereocenters. The molecule has 2 aromatic heterocycles. The van der Waals surface area contributed by atoms with E-state index in [1.165, 1.54) is 6.20 Å². The second-order valence-electron chi connectivity index (χ2n) is 5.53. The molecule has 6 nitrogen and oxygen atoms in total. The maximum atomic E-state index is 11.4. The van der Waals surface area contributed by atoms with Crippen molar-refractivity contribution < 1.29 is 9.90 Å². The van der Waals surface area contributed by atoms with Gasteiger partial charge in [-0.3, -0.25) is 0 Å². The molecule has 0 aliphatic rings. The van der Waals surface area contributed by atoms with Crippen LogP contribution < -0.4 is 0 Å². The summed E-state index contributed by atoms with van der Waals surface area (Å²) in [6.07, 6.45) is 1.22. The molecule has 0 amide bonds. The number of aromatic nitrogens is 4. The minimum Gasteiger partial charge on any atom is -0.478 e. The van der Waals surface area contributed by atoms with Crippen LogP contribution >= 0.6 is 11.6 Å². The zero-order valence-electron chi connectivity index (χ0n) is 12.9. The quantitative estimate of drug-likeness (QED) is 0.740. The molecule has 0 aliphatic carbocycles. The van der Waals surface area contributed by atoms with E-state index in [1.807, 2.05) is 19.1 Å². The van der Waals surface area contributed by atoms with Crippen LogP contribution in [0.3, 0.4) is 0 Å². The van der Waals surface area contributed by atoms with Gasteiger partial charge in [-0.2, -0.15) is 0 Å². The number of carbonyl (C=O) groups is 1. The Hall–Kier alpha value is -2.47. The van der Waals surface area contributed by atoms with Crippen molar-refractivity contribution in [1.82, 2.24) is 19.5 Å². The number of hydrogen-bond acceptors (Lipinski definition) is 4. The van der Waals surface area contributed by atoms with Crippen molar-refractivity contribution in [2.24, 2.45) is 0 Å².